The number of fused-ring (bicyclic) bond motifs is 1. The first-order valence-corrected chi connectivity index (χ1v) is 14.0. The maximum absolute atomic E-state index is 13.6. The van der Waals surface area contributed by atoms with E-state index < -0.39 is 5.60 Å². The number of aromatic hydroxyl groups is 1. The van der Waals surface area contributed by atoms with Crippen LogP contribution in [0.5, 0.6) is 17.2 Å². The van der Waals surface area contributed by atoms with Gasteiger partial charge in [-0.15, -0.1) is 23.7 Å². The van der Waals surface area contributed by atoms with Crippen molar-refractivity contribution >= 4 is 41.2 Å². The SMILES string of the molecule is Cc1c(C)c2c(c(C)c1O)CCC(C)(C(=O)N1CCC(Oc3ccc(N=C(N)c4cccs4)cc3)CC1)O2.Cl. The van der Waals surface area contributed by atoms with E-state index in [-0.39, 0.29) is 24.4 Å². The zero-order valence-electron chi connectivity index (χ0n) is 22.8. The topological polar surface area (TPSA) is 97.4 Å². The van der Waals surface area contributed by atoms with Gasteiger partial charge < -0.3 is 25.2 Å². The molecule has 7 nitrogen and oxygen atoms in total. The van der Waals surface area contributed by atoms with Crippen LogP contribution in [0.1, 0.15) is 53.3 Å². The second-order valence-corrected chi connectivity index (χ2v) is 11.4. The lowest BCUT2D eigenvalue weighted by atomic mass is 9.86. The second-order valence-electron chi connectivity index (χ2n) is 10.4. The summed E-state index contributed by atoms with van der Waals surface area (Å²) >= 11 is 1.56. The number of ether oxygens (including phenoxy) is 2. The fraction of sp³-hybridized carbons (Fsp3) is 0.400. The van der Waals surface area contributed by atoms with Gasteiger partial charge in [0.15, 0.2) is 5.60 Å². The van der Waals surface area contributed by atoms with Gasteiger partial charge in [0, 0.05) is 37.9 Å². The van der Waals surface area contributed by atoms with Crippen molar-refractivity contribution in [1.29, 1.82) is 0 Å². The van der Waals surface area contributed by atoms with E-state index in [9.17, 15) is 9.90 Å². The molecule has 3 aromatic rings. The van der Waals surface area contributed by atoms with E-state index in [1.165, 1.54) is 0 Å². The molecule has 2 aliphatic rings. The van der Waals surface area contributed by atoms with Gasteiger partial charge in [0.1, 0.15) is 29.2 Å². The molecule has 0 saturated carbocycles. The number of aliphatic imine (C=N–C) groups is 1. The molecule has 0 spiro atoms. The van der Waals surface area contributed by atoms with E-state index in [0.29, 0.717) is 37.5 Å². The number of hydrogen-bond donors (Lipinski definition) is 2. The number of likely N-dealkylation sites (tertiary alicyclic amines) is 1. The van der Waals surface area contributed by atoms with Gasteiger partial charge in [-0.25, -0.2) is 4.99 Å². The Kier molecular flexibility index (Phi) is 8.47. The van der Waals surface area contributed by atoms with E-state index in [1.54, 1.807) is 11.3 Å². The van der Waals surface area contributed by atoms with Gasteiger partial charge in [-0.3, -0.25) is 4.79 Å². The molecule has 0 bridgehead atoms. The van der Waals surface area contributed by atoms with Crippen molar-refractivity contribution in [2.24, 2.45) is 10.7 Å². The maximum atomic E-state index is 13.6. The van der Waals surface area contributed by atoms with Gasteiger partial charge in [-0.05, 0) is 86.5 Å². The molecule has 208 valence electrons. The summed E-state index contributed by atoms with van der Waals surface area (Å²) in [7, 11) is 0. The van der Waals surface area contributed by atoms with E-state index in [4.69, 9.17) is 15.2 Å². The molecule has 1 aromatic heterocycles. The van der Waals surface area contributed by atoms with Crippen molar-refractivity contribution in [3.63, 3.8) is 0 Å². The lowest BCUT2D eigenvalue weighted by molar-refractivity contribution is -0.150. The third-order valence-corrected chi connectivity index (χ3v) is 8.76. The normalized spacial score (nSPS) is 19.6. The Morgan fingerprint density at radius 1 is 1.13 bits per heavy atom. The average Bonchev–Trinajstić information content (AvgIpc) is 3.47. The summed E-state index contributed by atoms with van der Waals surface area (Å²) in [4.78, 5) is 20.9. The predicted octanol–water partition coefficient (Wildman–Crippen LogP) is 5.99. The summed E-state index contributed by atoms with van der Waals surface area (Å²) < 4.78 is 12.6. The molecule has 1 fully saturated rings. The van der Waals surface area contributed by atoms with Crippen LogP contribution in [0.15, 0.2) is 46.8 Å². The highest BCUT2D eigenvalue weighted by Gasteiger charge is 2.44. The van der Waals surface area contributed by atoms with E-state index >= 15 is 0 Å². The number of thiophene rings is 1. The molecule has 39 heavy (non-hydrogen) atoms. The number of amides is 1. The zero-order chi connectivity index (χ0) is 27.0. The van der Waals surface area contributed by atoms with Gasteiger partial charge in [0.25, 0.3) is 5.91 Å². The van der Waals surface area contributed by atoms with Crippen LogP contribution in [0, 0.1) is 20.8 Å². The number of carbonyl (C=O) groups is 1. The Labute approximate surface area is 240 Å². The molecule has 1 atom stereocenters. The number of amidine groups is 1. The monoisotopic (exact) mass is 569 g/mol. The fourth-order valence-corrected chi connectivity index (χ4v) is 5.95. The van der Waals surface area contributed by atoms with Crippen LogP contribution in [-0.2, 0) is 11.2 Å². The number of carbonyl (C=O) groups excluding carboxylic acids is 1. The van der Waals surface area contributed by atoms with Crippen molar-refractivity contribution in [1.82, 2.24) is 4.90 Å². The maximum Gasteiger partial charge on any atom is 0.266 e. The van der Waals surface area contributed by atoms with Crippen LogP contribution in [0.25, 0.3) is 0 Å². The molecule has 2 aromatic carbocycles. The molecule has 1 unspecified atom stereocenters. The number of hydrogen-bond acceptors (Lipinski definition) is 6. The third-order valence-electron chi connectivity index (χ3n) is 7.86. The smallest absolute Gasteiger partial charge is 0.266 e. The summed E-state index contributed by atoms with van der Waals surface area (Å²) in [6, 6.07) is 11.5. The van der Waals surface area contributed by atoms with Crippen molar-refractivity contribution in [2.45, 2.75) is 65.1 Å². The van der Waals surface area contributed by atoms with Crippen LogP contribution in [0.4, 0.5) is 5.69 Å². The number of benzene rings is 2. The first kappa shape index (κ1) is 28.8. The summed E-state index contributed by atoms with van der Waals surface area (Å²) in [5.41, 5.74) is 9.52. The molecule has 1 amide bonds. The molecule has 0 radical (unpaired) electrons. The summed E-state index contributed by atoms with van der Waals surface area (Å²) in [5.74, 6) is 2.39. The lowest BCUT2D eigenvalue weighted by Gasteiger charge is -2.41. The lowest BCUT2D eigenvalue weighted by Crippen LogP contribution is -2.55. The number of rotatable bonds is 5. The number of halogens is 1. The van der Waals surface area contributed by atoms with Gasteiger partial charge in [0.05, 0.1) is 10.6 Å². The van der Waals surface area contributed by atoms with Gasteiger partial charge in [-0.1, -0.05) is 6.07 Å². The van der Waals surface area contributed by atoms with E-state index in [1.807, 2.05) is 74.4 Å². The molecule has 9 heteroatoms. The molecular weight excluding hydrogens is 534 g/mol. The first-order valence-electron chi connectivity index (χ1n) is 13.1. The van der Waals surface area contributed by atoms with E-state index in [0.717, 1.165) is 57.2 Å². The summed E-state index contributed by atoms with van der Waals surface area (Å²) in [5, 5.41) is 12.4. The number of phenolic OH excluding ortho intramolecular Hbond substituents is 1. The predicted molar refractivity (Wildman–Crippen MR) is 158 cm³/mol. The highest BCUT2D eigenvalue weighted by Crippen LogP contribution is 2.44. The summed E-state index contributed by atoms with van der Waals surface area (Å²) in [6.07, 6.45) is 2.85. The quantitative estimate of drug-likeness (QED) is 0.290. The molecule has 3 heterocycles. The van der Waals surface area contributed by atoms with Crippen LogP contribution < -0.4 is 15.2 Å². The van der Waals surface area contributed by atoms with Crippen molar-refractivity contribution in [2.75, 3.05) is 13.1 Å². The van der Waals surface area contributed by atoms with Gasteiger partial charge in [-0.2, -0.15) is 0 Å². The molecule has 1 saturated heterocycles. The zero-order valence-corrected chi connectivity index (χ0v) is 24.5. The van der Waals surface area contributed by atoms with Crippen molar-refractivity contribution in [3.05, 3.63) is 68.9 Å². The number of nitrogens with zero attached hydrogens (tertiary/aromatic N) is 2. The molecule has 3 N–H and O–H groups in total. The highest BCUT2D eigenvalue weighted by atomic mass is 35.5. The fourth-order valence-electron chi connectivity index (χ4n) is 5.32. The average molecular weight is 570 g/mol. The van der Waals surface area contributed by atoms with Crippen molar-refractivity contribution in [3.8, 4) is 17.2 Å². The molecule has 5 rings (SSSR count). The Morgan fingerprint density at radius 3 is 2.46 bits per heavy atom. The standard InChI is InChI=1S/C30H35N3O4S.ClH/c1-18-19(2)27-24(20(3)26(18)34)11-14-30(4,37-27)29(35)33-15-12-23(13-16-33)36-22-9-7-21(8-10-22)32-28(31)25-6-5-17-38-25;/h5-10,17,23,34H,11-16H2,1-4H3,(H2,31,32);1H. The Bertz CT molecular complexity index is 1370. The largest absolute Gasteiger partial charge is 0.507 e. The molecular formula is C30H36ClN3O4S. The minimum atomic E-state index is -0.914. The third kappa shape index (κ3) is 5.72. The number of nitrogens with two attached hydrogens (primary N) is 1. The molecule has 0 aliphatic carbocycles. The second kappa shape index (κ2) is 11.5. The van der Waals surface area contributed by atoms with Crippen LogP contribution in [0.2, 0.25) is 0 Å². The Balaban J connectivity index is 0.00000353. The minimum Gasteiger partial charge on any atom is -0.507 e. The Morgan fingerprint density at radius 2 is 1.82 bits per heavy atom. The van der Waals surface area contributed by atoms with Crippen LogP contribution in [0.3, 0.4) is 0 Å². The van der Waals surface area contributed by atoms with Crippen LogP contribution >= 0.6 is 23.7 Å². The molecule has 2 aliphatic heterocycles. The van der Waals surface area contributed by atoms with E-state index in [2.05, 4.69) is 4.99 Å². The van der Waals surface area contributed by atoms with Crippen molar-refractivity contribution < 1.29 is 19.4 Å². The number of phenols is 1. The van der Waals surface area contributed by atoms with Gasteiger partial charge in [0.2, 0.25) is 0 Å². The van der Waals surface area contributed by atoms with Crippen LogP contribution in [-0.4, -0.2) is 46.5 Å². The number of piperidine rings is 1. The minimum absolute atomic E-state index is 0. The van der Waals surface area contributed by atoms with Gasteiger partial charge >= 0.3 is 0 Å². The highest BCUT2D eigenvalue weighted by molar-refractivity contribution is 7.12. The first-order chi connectivity index (χ1) is 18.2. The Hall–Kier alpha value is -3.23. The summed E-state index contributed by atoms with van der Waals surface area (Å²) in [6.45, 7) is 8.90.